The second-order valence-corrected chi connectivity index (χ2v) is 17.9. The third-order valence-corrected chi connectivity index (χ3v) is 13.1. The summed E-state index contributed by atoms with van der Waals surface area (Å²) in [5.41, 5.74) is -1.96. The van der Waals surface area contributed by atoms with E-state index in [-0.39, 0.29) is 70.0 Å². The summed E-state index contributed by atoms with van der Waals surface area (Å²) in [6.07, 6.45) is 19.9. The molecule has 2 aromatic carbocycles. The SMILES string of the molecule is CCCCCCCCCCc1ccc(CCNC2CC(C(=O)O)(C(=O)OCC)C2)c(F)c1F.CCCCCCCCCCc1ccc(CN2CCC(C(=O)O)(C(=O)O)CC2)c(F)c1F. The number of carbonyl (C=O) groups excluding carboxylic acids is 1. The molecule has 0 bridgehead atoms. The van der Waals surface area contributed by atoms with Gasteiger partial charge < -0.3 is 25.4 Å². The van der Waals surface area contributed by atoms with Gasteiger partial charge in [-0.05, 0) is 87.9 Å². The average Bonchev–Trinajstić information content (AvgIpc) is 3.25. The lowest BCUT2D eigenvalue weighted by molar-refractivity contribution is -0.177. The Labute approximate surface area is 377 Å². The van der Waals surface area contributed by atoms with Gasteiger partial charge in [0.05, 0.1) is 6.61 Å². The Bertz CT molecular complexity index is 1760. The normalized spacial score (nSPS) is 18.1. The van der Waals surface area contributed by atoms with E-state index in [1.807, 2.05) is 0 Å². The van der Waals surface area contributed by atoms with Crippen LogP contribution in [0.3, 0.4) is 0 Å². The number of carbonyl (C=O) groups is 4. The molecule has 2 aromatic rings. The van der Waals surface area contributed by atoms with Crippen LogP contribution in [0, 0.1) is 34.1 Å². The van der Waals surface area contributed by atoms with Crippen LogP contribution < -0.4 is 5.32 Å². The monoisotopic (exact) mass is 907 g/mol. The number of benzene rings is 2. The molecule has 14 heteroatoms. The Balaban J connectivity index is 0.000000341. The molecule has 0 unspecified atom stereocenters. The smallest absolute Gasteiger partial charge is 0.323 e. The van der Waals surface area contributed by atoms with Crippen molar-refractivity contribution in [2.45, 2.75) is 181 Å². The minimum atomic E-state index is -1.79. The minimum absolute atomic E-state index is 0.0572. The number of likely N-dealkylation sites (tertiary alicyclic amines) is 1. The summed E-state index contributed by atoms with van der Waals surface area (Å²) in [6.45, 7) is 7.08. The number of esters is 1. The molecular formula is C50H74F4N2O8. The quantitative estimate of drug-likeness (QED) is 0.0268. The molecule has 360 valence electrons. The van der Waals surface area contributed by atoms with Gasteiger partial charge in [0.1, 0.15) is 0 Å². The fourth-order valence-corrected chi connectivity index (χ4v) is 8.75. The first kappa shape index (κ1) is 54.3. The fraction of sp³-hybridized carbons (Fsp3) is 0.680. The van der Waals surface area contributed by atoms with Crippen LogP contribution in [0.4, 0.5) is 17.6 Å². The first-order chi connectivity index (χ1) is 30.7. The largest absolute Gasteiger partial charge is 0.480 e. The number of unbranched alkanes of at least 4 members (excludes halogenated alkanes) is 14. The van der Waals surface area contributed by atoms with Crippen molar-refractivity contribution in [2.75, 3.05) is 26.2 Å². The van der Waals surface area contributed by atoms with E-state index in [0.717, 1.165) is 38.5 Å². The molecule has 2 fully saturated rings. The van der Waals surface area contributed by atoms with Crippen LogP contribution in [0.25, 0.3) is 0 Å². The predicted molar refractivity (Wildman–Crippen MR) is 239 cm³/mol. The zero-order valence-electron chi connectivity index (χ0n) is 38.5. The van der Waals surface area contributed by atoms with Crippen molar-refractivity contribution >= 4 is 23.9 Å². The lowest BCUT2D eigenvalue weighted by Crippen LogP contribution is -2.57. The third-order valence-electron chi connectivity index (χ3n) is 13.1. The van der Waals surface area contributed by atoms with Crippen LogP contribution in [-0.2, 0) is 49.7 Å². The molecule has 0 amide bonds. The van der Waals surface area contributed by atoms with E-state index >= 15 is 0 Å². The maximum absolute atomic E-state index is 14.6. The van der Waals surface area contributed by atoms with E-state index in [0.29, 0.717) is 36.1 Å². The second kappa shape index (κ2) is 28.1. The van der Waals surface area contributed by atoms with Crippen LogP contribution in [-0.4, -0.2) is 76.4 Å². The standard InChI is InChI=1S/C26H39F2NO4.C24H35F2NO4/c1-3-5-6-7-8-9-10-11-12-19-13-14-20(23(28)22(19)27)15-16-29-21-17-26(18-21,24(30)31)25(32)33-4-2;1-2-3-4-5-6-7-8-9-10-18-11-12-19(21(26)20(18)25)17-27-15-13-24(14-16-27,22(28)29)23(30)31/h13-14,21,29H,3-12,15-18H2,1-2H3,(H,30,31);11-12H,2-10,13-17H2,1H3,(H,28,29)(H,30,31). The van der Waals surface area contributed by atoms with Crippen LogP contribution in [0.5, 0.6) is 0 Å². The average molecular weight is 907 g/mol. The van der Waals surface area contributed by atoms with Gasteiger partial charge in [-0.1, -0.05) is 128 Å². The number of aryl methyl sites for hydroxylation is 2. The second-order valence-electron chi connectivity index (χ2n) is 17.9. The molecule has 0 spiro atoms. The number of piperidine rings is 1. The van der Waals surface area contributed by atoms with Crippen molar-refractivity contribution in [3.8, 4) is 0 Å². The van der Waals surface area contributed by atoms with Crippen LogP contribution >= 0.6 is 0 Å². The van der Waals surface area contributed by atoms with Crippen LogP contribution in [0.1, 0.15) is 171 Å². The third kappa shape index (κ3) is 15.8. The molecule has 4 rings (SSSR count). The van der Waals surface area contributed by atoms with Gasteiger partial charge in [0, 0.05) is 31.2 Å². The molecule has 0 aromatic heterocycles. The van der Waals surface area contributed by atoms with E-state index in [9.17, 15) is 52.1 Å². The Kier molecular flexibility index (Phi) is 23.8. The summed E-state index contributed by atoms with van der Waals surface area (Å²) in [7, 11) is 0. The highest BCUT2D eigenvalue weighted by atomic mass is 19.2. The molecule has 10 nitrogen and oxygen atoms in total. The van der Waals surface area contributed by atoms with Crippen molar-refractivity contribution in [3.05, 3.63) is 69.8 Å². The van der Waals surface area contributed by atoms with Crippen molar-refractivity contribution in [3.63, 3.8) is 0 Å². The molecule has 2 aliphatic rings. The molecule has 0 atom stereocenters. The molecule has 1 saturated heterocycles. The fourth-order valence-electron chi connectivity index (χ4n) is 8.75. The van der Waals surface area contributed by atoms with Gasteiger partial charge in [-0.2, -0.15) is 0 Å². The first-order valence-electron chi connectivity index (χ1n) is 23.9. The zero-order valence-corrected chi connectivity index (χ0v) is 38.5. The summed E-state index contributed by atoms with van der Waals surface area (Å²) in [5.74, 6) is -7.80. The van der Waals surface area contributed by atoms with E-state index < -0.39 is 58.0 Å². The summed E-state index contributed by atoms with van der Waals surface area (Å²) in [6, 6.07) is 6.38. The number of halogens is 4. The highest BCUT2D eigenvalue weighted by Gasteiger charge is 2.57. The maximum atomic E-state index is 14.6. The Morgan fingerprint density at radius 1 is 0.578 bits per heavy atom. The van der Waals surface area contributed by atoms with E-state index in [2.05, 4.69) is 19.2 Å². The van der Waals surface area contributed by atoms with E-state index in [4.69, 9.17) is 4.74 Å². The molecule has 1 heterocycles. The van der Waals surface area contributed by atoms with Crippen LogP contribution in [0.15, 0.2) is 24.3 Å². The summed E-state index contributed by atoms with van der Waals surface area (Å²) < 4.78 is 63.0. The molecule has 1 aliphatic heterocycles. The van der Waals surface area contributed by atoms with Crippen molar-refractivity contribution in [2.24, 2.45) is 10.8 Å². The van der Waals surface area contributed by atoms with Gasteiger partial charge in [-0.15, -0.1) is 0 Å². The molecule has 1 aliphatic carbocycles. The first-order valence-corrected chi connectivity index (χ1v) is 23.9. The molecule has 0 radical (unpaired) electrons. The number of aliphatic carboxylic acids is 3. The van der Waals surface area contributed by atoms with Crippen LogP contribution in [0.2, 0.25) is 0 Å². The van der Waals surface area contributed by atoms with Gasteiger partial charge in [-0.3, -0.25) is 24.1 Å². The van der Waals surface area contributed by atoms with E-state index in [1.54, 1.807) is 36.1 Å². The Morgan fingerprint density at radius 2 is 0.953 bits per heavy atom. The number of carboxylic acids is 3. The van der Waals surface area contributed by atoms with Gasteiger partial charge in [0.15, 0.2) is 34.1 Å². The predicted octanol–water partition coefficient (Wildman–Crippen LogP) is 11.0. The summed E-state index contributed by atoms with van der Waals surface area (Å²) in [5, 5.41) is 31.1. The maximum Gasteiger partial charge on any atom is 0.323 e. The minimum Gasteiger partial charge on any atom is -0.480 e. The number of hydrogen-bond acceptors (Lipinski definition) is 7. The number of nitrogens with zero attached hydrogens (tertiary/aromatic N) is 1. The highest BCUT2D eigenvalue weighted by molar-refractivity contribution is 6.00. The molecule has 64 heavy (non-hydrogen) atoms. The molecule has 1 saturated carbocycles. The van der Waals surface area contributed by atoms with E-state index in [1.165, 1.54) is 64.2 Å². The number of nitrogens with one attached hydrogen (secondary N) is 1. The Morgan fingerprint density at radius 3 is 1.36 bits per heavy atom. The number of rotatable bonds is 29. The molecule has 4 N–H and O–H groups in total. The summed E-state index contributed by atoms with van der Waals surface area (Å²) >= 11 is 0. The van der Waals surface area contributed by atoms with Gasteiger partial charge in [-0.25, -0.2) is 17.6 Å². The van der Waals surface area contributed by atoms with Gasteiger partial charge in [0.25, 0.3) is 0 Å². The lowest BCUT2D eigenvalue weighted by Gasteiger charge is -2.42. The summed E-state index contributed by atoms with van der Waals surface area (Å²) in [4.78, 5) is 48.1. The highest BCUT2D eigenvalue weighted by Crippen LogP contribution is 2.43. The Hall–Kier alpha value is -4.04. The zero-order chi connectivity index (χ0) is 47.1. The topological polar surface area (TPSA) is 153 Å². The lowest BCUT2D eigenvalue weighted by atomic mass is 9.65. The van der Waals surface area contributed by atoms with Gasteiger partial charge in [0.2, 0.25) is 0 Å². The van der Waals surface area contributed by atoms with Crippen molar-refractivity contribution in [1.82, 2.24) is 10.2 Å². The van der Waals surface area contributed by atoms with Gasteiger partial charge >= 0.3 is 23.9 Å². The van der Waals surface area contributed by atoms with Crippen molar-refractivity contribution in [1.29, 1.82) is 0 Å². The van der Waals surface area contributed by atoms with Crippen molar-refractivity contribution < 1.29 is 56.8 Å². The molecular weight excluding hydrogens is 833 g/mol. The number of ether oxygens (including phenoxy) is 1. The number of carboxylic acid groups (broad SMARTS) is 3. The number of hydrogen-bond donors (Lipinski definition) is 4.